The Morgan fingerprint density at radius 3 is 1.52 bits per heavy atom. The third-order valence-electron chi connectivity index (χ3n) is 3.33. The van der Waals surface area contributed by atoms with Crippen LogP contribution in [0.5, 0.6) is 0 Å². The number of rotatable bonds is 5. The molecule has 27 heavy (non-hydrogen) atoms. The molecule has 0 aliphatic carbocycles. The molecule has 0 spiro atoms. The van der Waals surface area contributed by atoms with Gasteiger partial charge in [0.15, 0.2) is 0 Å². The van der Waals surface area contributed by atoms with E-state index < -0.39 is 61.1 Å². The van der Waals surface area contributed by atoms with E-state index in [2.05, 4.69) is 9.47 Å². The predicted octanol–water partition coefficient (Wildman–Crippen LogP) is 4.40. The summed E-state index contributed by atoms with van der Waals surface area (Å²) in [4.78, 5) is 11.1. The lowest BCUT2D eigenvalue weighted by atomic mass is 9.92. The average Bonchev–Trinajstić information content (AvgIpc) is 2.96. The number of halogens is 13. The zero-order chi connectivity index (χ0) is 21.7. The van der Waals surface area contributed by atoms with Gasteiger partial charge < -0.3 is 4.74 Å². The molecule has 1 aliphatic rings. The van der Waals surface area contributed by atoms with Gasteiger partial charge in [-0.05, 0) is 12.8 Å². The zero-order valence-electron chi connectivity index (χ0n) is 12.3. The molecule has 1 rings (SSSR count). The summed E-state index contributed by atoms with van der Waals surface area (Å²) in [6, 6.07) is 0. The number of Topliss-reactive ketones (excluding diaryl/α,β-unsaturated/α-hetero) is 1. The molecular formula is C11H7F13O3. The maximum Gasteiger partial charge on any atom is 0.456 e. The van der Waals surface area contributed by atoms with Crippen molar-refractivity contribution in [3.05, 3.63) is 0 Å². The SMILES string of the molecule is O=C(C(F)(OC(F)(F)C1CCCO1)C(F)(F)F)C(F)(C(F)(F)F)C(F)(F)F. The van der Waals surface area contributed by atoms with E-state index in [9.17, 15) is 61.9 Å². The van der Waals surface area contributed by atoms with Gasteiger partial charge in [-0.3, -0.25) is 9.53 Å². The third kappa shape index (κ3) is 3.95. The Morgan fingerprint density at radius 1 is 0.778 bits per heavy atom. The van der Waals surface area contributed by atoms with E-state index in [1.165, 1.54) is 0 Å². The molecule has 2 unspecified atom stereocenters. The molecule has 1 heterocycles. The van der Waals surface area contributed by atoms with E-state index in [0.29, 0.717) is 0 Å². The van der Waals surface area contributed by atoms with E-state index >= 15 is 0 Å². The highest BCUT2D eigenvalue weighted by Crippen LogP contribution is 2.53. The second-order valence-electron chi connectivity index (χ2n) is 5.24. The first kappa shape index (κ1) is 23.7. The van der Waals surface area contributed by atoms with Gasteiger partial charge in [0, 0.05) is 6.61 Å². The quantitative estimate of drug-likeness (QED) is 0.602. The van der Waals surface area contributed by atoms with E-state index in [1.54, 1.807) is 0 Å². The number of ether oxygens (including phenoxy) is 2. The molecule has 0 radical (unpaired) electrons. The Labute approximate surface area is 140 Å². The summed E-state index contributed by atoms with van der Waals surface area (Å²) in [5.41, 5.74) is -7.49. The van der Waals surface area contributed by atoms with Gasteiger partial charge in [-0.1, -0.05) is 0 Å². The number of hydrogen-bond acceptors (Lipinski definition) is 3. The smallest absolute Gasteiger partial charge is 0.369 e. The predicted molar refractivity (Wildman–Crippen MR) is 55.9 cm³/mol. The fourth-order valence-electron chi connectivity index (χ4n) is 1.97. The van der Waals surface area contributed by atoms with Crippen LogP contribution in [0, 0.1) is 0 Å². The summed E-state index contributed by atoms with van der Waals surface area (Å²) in [5.74, 6) is -12.0. The van der Waals surface area contributed by atoms with Gasteiger partial charge >= 0.3 is 36.2 Å². The molecule has 16 heteroatoms. The molecule has 0 bridgehead atoms. The van der Waals surface area contributed by atoms with E-state index in [4.69, 9.17) is 0 Å². The van der Waals surface area contributed by atoms with Crippen LogP contribution in [0.3, 0.4) is 0 Å². The lowest BCUT2D eigenvalue weighted by molar-refractivity contribution is -0.419. The molecule has 0 aromatic carbocycles. The monoisotopic (exact) mass is 434 g/mol. The Morgan fingerprint density at radius 2 is 1.22 bits per heavy atom. The fraction of sp³-hybridized carbons (Fsp3) is 0.909. The molecule has 0 saturated carbocycles. The molecule has 0 aromatic rings. The minimum absolute atomic E-state index is 0.263. The molecule has 1 aliphatic heterocycles. The van der Waals surface area contributed by atoms with Crippen LogP contribution in [-0.2, 0) is 14.3 Å². The minimum Gasteiger partial charge on any atom is -0.369 e. The first-order chi connectivity index (χ1) is 11.7. The van der Waals surface area contributed by atoms with Gasteiger partial charge in [0.2, 0.25) is 0 Å². The van der Waals surface area contributed by atoms with Crippen molar-refractivity contribution in [2.45, 2.75) is 55.1 Å². The van der Waals surface area contributed by atoms with Crippen molar-refractivity contribution in [1.29, 1.82) is 0 Å². The molecule has 1 fully saturated rings. The minimum atomic E-state index is -7.49. The van der Waals surface area contributed by atoms with Crippen LogP contribution in [0.1, 0.15) is 12.8 Å². The highest BCUT2D eigenvalue weighted by atomic mass is 19.4. The molecule has 160 valence electrons. The second kappa shape index (κ2) is 6.63. The molecule has 0 amide bonds. The van der Waals surface area contributed by atoms with Crippen molar-refractivity contribution < 1.29 is 71.3 Å². The van der Waals surface area contributed by atoms with Crippen LogP contribution in [0.25, 0.3) is 0 Å². The van der Waals surface area contributed by atoms with Crippen LogP contribution in [0.2, 0.25) is 0 Å². The second-order valence-corrected chi connectivity index (χ2v) is 5.24. The molecule has 1 saturated heterocycles. The van der Waals surface area contributed by atoms with Gasteiger partial charge in [-0.25, -0.2) is 4.39 Å². The van der Waals surface area contributed by atoms with Crippen molar-refractivity contribution in [2.24, 2.45) is 0 Å². The van der Waals surface area contributed by atoms with Crippen LogP contribution in [0.15, 0.2) is 0 Å². The first-order valence-corrected chi connectivity index (χ1v) is 6.54. The van der Waals surface area contributed by atoms with Crippen LogP contribution in [-0.4, -0.2) is 54.7 Å². The topological polar surface area (TPSA) is 35.5 Å². The number of hydrogen-bond donors (Lipinski definition) is 0. The van der Waals surface area contributed by atoms with Crippen molar-refractivity contribution >= 4 is 5.78 Å². The van der Waals surface area contributed by atoms with Crippen LogP contribution < -0.4 is 0 Å². The van der Waals surface area contributed by atoms with Crippen molar-refractivity contribution in [3.8, 4) is 0 Å². The van der Waals surface area contributed by atoms with Gasteiger partial charge in [0.1, 0.15) is 6.10 Å². The largest absolute Gasteiger partial charge is 0.456 e. The molecule has 0 aromatic heterocycles. The number of carbonyl (C=O) groups is 1. The van der Waals surface area contributed by atoms with Gasteiger partial charge in [0.25, 0.3) is 5.78 Å². The van der Waals surface area contributed by atoms with Crippen LogP contribution >= 0.6 is 0 Å². The molecule has 0 N–H and O–H groups in total. The van der Waals surface area contributed by atoms with Gasteiger partial charge in [-0.2, -0.15) is 52.7 Å². The number of ketones is 1. The highest BCUT2D eigenvalue weighted by Gasteiger charge is 2.85. The number of carbonyl (C=O) groups excluding carboxylic acids is 1. The standard InChI is InChI=1S/C11H7F13O3/c12-6(9(16,17)18,10(19,20)21)5(25)7(13,11(22,23)24)27-8(14,15)4-2-1-3-26-4/h4H,1-3H2. The summed E-state index contributed by atoms with van der Waals surface area (Å²) in [5, 5.41) is 0. The van der Waals surface area contributed by atoms with Gasteiger partial charge in [0.05, 0.1) is 0 Å². The van der Waals surface area contributed by atoms with Crippen molar-refractivity contribution in [2.75, 3.05) is 6.61 Å². The van der Waals surface area contributed by atoms with Crippen molar-refractivity contribution in [3.63, 3.8) is 0 Å². The van der Waals surface area contributed by atoms with Gasteiger partial charge in [-0.15, -0.1) is 0 Å². The van der Waals surface area contributed by atoms with E-state index in [0.717, 1.165) is 0 Å². The lowest BCUT2D eigenvalue weighted by Gasteiger charge is -2.37. The Bertz CT molecular complexity index is 543. The maximum absolute atomic E-state index is 13.9. The van der Waals surface area contributed by atoms with Crippen LogP contribution in [0.4, 0.5) is 57.1 Å². The summed E-state index contributed by atoms with van der Waals surface area (Å²) >= 11 is 0. The van der Waals surface area contributed by atoms with E-state index in [1.807, 2.05) is 0 Å². The Balaban J connectivity index is 3.51. The molecular weight excluding hydrogens is 427 g/mol. The lowest BCUT2D eigenvalue weighted by Crippen LogP contribution is -2.69. The normalized spacial score (nSPS) is 22.6. The summed E-state index contributed by atoms with van der Waals surface area (Å²) in [6.45, 7) is -0.541. The fourth-order valence-corrected chi connectivity index (χ4v) is 1.97. The Hall–Kier alpha value is -1.32. The maximum atomic E-state index is 13.9. The number of alkyl halides is 13. The Kier molecular flexibility index (Phi) is 5.83. The third-order valence-corrected chi connectivity index (χ3v) is 3.33. The van der Waals surface area contributed by atoms with E-state index in [-0.39, 0.29) is 6.42 Å². The summed E-state index contributed by atoms with van der Waals surface area (Å²) < 4.78 is 173. The summed E-state index contributed by atoms with van der Waals surface area (Å²) in [7, 11) is 0. The highest BCUT2D eigenvalue weighted by molar-refractivity contribution is 5.96. The molecule has 2 atom stereocenters. The van der Waals surface area contributed by atoms with Crippen molar-refractivity contribution in [1.82, 2.24) is 0 Å². The average molecular weight is 434 g/mol. The zero-order valence-corrected chi connectivity index (χ0v) is 12.3. The summed E-state index contributed by atoms with van der Waals surface area (Å²) in [6.07, 6.45) is -31.5. The first-order valence-electron chi connectivity index (χ1n) is 6.54. The molecule has 3 nitrogen and oxygen atoms in total.